The number of likely N-dealkylation sites (N-methyl/N-ethyl adjacent to an activating group) is 1. The fourth-order valence-corrected chi connectivity index (χ4v) is 4.73. The number of carbonyl (C=O) groups excluding carboxylic acids is 2. The maximum Gasteiger partial charge on any atom is 0.242 e. The molecule has 0 aliphatic heterocycles. The van der Waals surface area contributed by atoms with Crippen molar-refractivity contribution < 1.29 is 18.0 Å². The molecule has 2 rings (SSSR count). The van der Waals surface area contributed by atoms with Crippen molar-refractivity contribution in [1.82, 2.24) is 10.2 Å². The normalized spacial score (nSPS) is 12.1. The second-order valence-corrected chi connectivity index (χ2v) is 9.91. The molecule has 33 heavy (non-hydrogen) atoms. The molecular formula is C25H35N3O4S. The first-order valence-corrected chi connectivity index (χ1v) is 13.2. The van der Waals surface area contributed by atoms with Crippen LogP contribution in [0.4, 0.5) is 5.69 Å². The SMILES string of the molecule is CCc1ccc(N(CCCC(=O)N(Cc2ccccc2)C(CC)C(=O)NC)S(C)(=O)=O)cc1. The first-order valence-electron chi connectivity index (χ1n) is 11.3. The van der Waals surface area contributed by atoms with Crippen LogP contribution in [-0.2, 0) is 32.6 Å². The Labute approximate surface area is 197 Å². The molecule has 2 aromatic carbocycles. The number of hydrogen-bond acceptors (Lipinski definition) is 4. The summed E-state index contributed by atoms with van der Waals surface area (Å²) in [5.74, 6) is -0.389. The van der Waals surface area contributed by atoms with Crippen molar-refractivity contribution in [3.05, 3.63) is 65.7 Å². The number of sulfonamides is 1. The first kappa shape index (κ1) is 26.4. The van der Waals surface area contributed by atoms with Crippen LogP contribution in [-0.4, -0.2) is 51.0 Å². The van der Waals surface area contributed by atoms with Gasteiger partial charge in [-0.05, 0) is 42.5 Å². The van der Waals surface area contributed by atoms with Crippen LogP contribution in [0, 0.1) is 0 Å². The first-order chi connectivity index (χ1) is 15.7. The molecule has 0 radical (unpaired) electrons. The van der Waals surface area contributed by atoms with E-state index in [1.165, 1.54) is 10.6 Å². The van der Waals surface area contributed by atoms with Gasteiger partial charge in [0.2, 0.25) is 21.8 Å². The lowest BCUT2D eigenvalue weighted by Gasteiger charge is -2.30. The molecule has 0 spiro atoms. The van der Waals surface area contributed by atoms with Crippen molar-refractivity contribution in [2.45, 2.75) is 52.1 Å². The Kier molecular flexibility index (Phi) is 9.91. The summed E-state index contributed by atoms with van der Waals surface area (Å²) >= 11 is 0. The summed E-state index contributed by atoms with van der Waals surface area (Å²) in [7, 11) is -1.94. The highest BCUT2D eigenvalue weighted by Gasteiger charge is 2.28. The van der Waals surface area contributed by atoms with Crippen LogP contribution in [0.15, 0.2) is 54.6 Å². The third-order valence-electron chi connectivity index (χ3n) is 5.61. The number of rotatable bonds is 12. The maximum atomic E-state index is 13.2. The number of hydrogen-bond donors (Lipinski definition) is 1. The summed E-state index contributed by atoms with van der Waals surface area (Å²) in [5.41, 5.74) is 2.64. The molecule has 1 unspecified atom stereocenters. The lowest BCUT2D eigenvalue weighted by atomic mass is 10.1. The predicted molar refractivity (Wildman–Crippen MR) is 132 cm³/mol. The summed E-state index contributed by atoms with van der Waals surface area (Å²) < 4.78 is 26.1. The number of aryl methyl sites for hydroxylation is 1. The molecule has 1 atom stereocenters. The highest BCUT2D eigenvalue weighted by atomic mass is 32.2. The number of nitrogens with zero attached hydrogens (tertiary/aromatic N) is 2. The van der Waals surface area contributed by atoms with Gasteiger partial charge in [-0.15, -0.1) is 0 Å². The predicted octanol–water partition coefficient (Wildman–Crippen LogP) is 3.35. The molecule has 8 heteroatoms. The van der Waals surface area contributed by atoms with E-state index < -0.39 is 16.1 Å². The molecule has 0 aliphatic rings. The molecule has 0 saturated heterocycles. The van der Waals surface area contributed by atoms with Crippen molar-refractivity contribution in [1.29, 1.82) is 0 Å². The number of carbonyl (C=O) groups is 2. The van der Waals surface area contributed by atoms with Gasteiger partial charge in [0.25, 0.3) is 0 Å². The van der Waals surface area contributed by atoms with Crippen molar-refractivity contribution >= 4 is 27.5 Å². The molecule has 0 saturated carbocycles. The number of amides is 2. The molecule has 2 aromatic rings. The highest BCUT2D eigenvalue weighted by Crippen LogP contribution is 2.20. The zero-order chi connectivity index (χ0) is 24.4. The topological polar surface area (TPSA) is 86.8 Å². The maximum absolute atomic E-state index is 13.2. The minimum absolute atomic E-state index is 0.138. The molecule has 7 nitrogen and oxygen atoms in total. The van der Waals surface area contributed by atoms with E-state index in [-0.39, 0.29) is 24.8 Å². The van der Waals surface area contributed by atoms with Crippen molar-refractivity contribution in [3.8, 4) is 0 Å². The standard InChI is InChI=1S/C25H35N3O4S/c1-5-20-14-16-22(17-15-20)28(33(4,31)32)18-10-13-24(29)27(23(6-2)25(30)26-3)19-21-11-8-7-9-12-21/h7-9,11-12,14-17,23H,5-6,10,13,18-19H2,1-4H3,(H,26,30). The number of benzene rings is 2. The van der Waals surface area contributed by atoms with Gasteiger partial charge in [-0.2, -0.15) is 0 Å². The zero-order valence-corrected chi connectivity index (χ0v) is 20.8. The molecule has 2 amide bonds. The second kappa shape index (κ2) is 12.4. The van der Waals surface area contributed by atoms with E-state index in [1.807, 2.05) is 56.3 Å². The van der Waals surface area contributed by atoms with Crippen molar-refractivity contribution in [3.63, 3.8) is 0 Å². The van der Waals surface area contributed by atoms with E-state index in [0.717, 1.165) is 17.5 Å². The van der Waals surface area contributed by atoms with Crippen LogP contribution in [0.3, 0.4) is 0 Å². The van der Waals surface area contributed by atoms with Gasteiger partial charge in [-0.1, -0.05) is 56.3 Å². The quantitative estimate of drug-likeness (QED) is 0.512. The Morgan fingerprint density at radius 3 is 2.12 bits per heavy atom. The fraction of sp³-hybridized carbons (Fsp3) is 0.440. The molecule has 0 fully saturated rings. The molecule has 0 heterocycles. The lowest BCUT2D eigenvalue weighted by Crippen LogP contribution is -2.48. The molecule has 0 bridgehead atoms. The fourth-order valence-electron chi connectivity index (χ4n) is 3.77. The lowest BCUT2D eigenvalue weighted by molar-refractivity contribution is -0.141. The van der Waals surface area contributed by atoms with Gasteiger partial charge in [0, 0.05) is 26.6 Å². The molecular weight excluding hydrogens is 438 g/mol. The third-order valence-corrected chi connectivity index (χ3v) is 6.81. The Bertz CT molecular complexity index is 1010. The van der Waals surface area contributed by atoms with E-state index in [9.17, 15) is 18.0 Å². The van der Waals surface area contributed by atoms with Gasteiger partial charge < -0.3 is 10.2 Å². The summed E-state index contributed by atoms with van der Waals surface area (Å²) in [6, 6.07) is 16.4. The van der Waals surface area contributed by atoms with Crippen molar-refractivity contribution in [2.24, 2.45) is 0 Å². The molecule has 180 valence electrons. The van der Waals surface area contributed by atoms with Crippen LogP contribution in [0.2, 0.25) is 0 Å². The Hall–Kier alpha value is -2.87. The average Bonchev–Trinajstić information content (AvgIpc) is 2.81. The van der Waals surface area contributed by atoms with Crippen LogP contribution in [0.5, 0.6) is 0 Å². The Morgan fingerprint density at radius 1 is 0.970 bits per heavy atom. The van der Waals surface area contributed by atoms with Gasteiger partial charge in [-0.25, -0.2) is 8.42 Å². The summed E-state index contributed by atoms with van der Waals surface area (Å²) in [4.78, 5) is 27.2. The van der Waals surface area contributed by atoms with E-state index in [2.05, 4.69) is 5.32 Å². The van der Waals surface area contributed by atoms with Gasteiger partial charge in [0.05, 0.1) is 11.9 Å². The van der Waals surface area contributed by atoms with E-state index in [4.69, 9.17) is 0 Å². The van der Waals surface area contributed by atoms with Crippen LogP contribution in [0.1, 0.15) is 44.2 Å². The van der Waals surface area contributed by atoms with Gasteiger partial charge in [0.15, 0.2) is 0 Å². The van der Waals surface area contributed by atoms with Gasteiger partial charge in [-0.3, -0.25) is 13.9 Å². The van der Waals surface area contributed by atoms with E-state index in [1.54, 1.807) is 24.1 Å². The Morgan fingerprint density at radius 2 is 1.61 bits per heavy atom. The number of nitrogens with one attached hydrogen (secondary N) is 1. The van der Waals surface area contributed by atoms with Crippen LogP contribution < -0.4 is 9.62 Å². The Balaban J connectivity index is 2.15. The smallest absolute Gasteiger partial charge is 0.242 e. The van der Waals surface area contributed by atoms with E-state index >= 15 is 0 Å². The largest absolute Gasteiger partial charge is 0.357 e. The minimum atomic E-state index is -3.50. The monoisotopic (exact) mass is 473 g/mol. The second-order valence-electron chi connectivity index (χ2n) is 8.00. The molecule has 0 aromatic heterocycles. The van der Waals surface area contributed by atoms with Crippen LogP contribution >= 0.6 is 0 Å². The number of anilines is 1. The molecule has 1 N–H and O–H groups in total. The zero-order valence-electron chi connectivity index (χ0n) is 20.0. The van der Waals surface area contributed by atoms with Crippen LogP contribution in [0.25, 0.3) is 0 Å². The summed E-state index contributed by atoms with van der Waals surface area (Å²) in [5, 5.41) is 2.64. The highest BCUT2D eigenvalue weighted by molar-refractivity contribution is 7.92. The van der Waals surface area contributed by atoms with Crippen molar-refractivity contribution in [2.75, 3.05) is 24.2 Å². The average molecular weight is 474 g/mol. The van der Waals surface area contributed by atoms with Gasteiger partial charge in [0.1, 0.15) is 6.04 Å². The summed E-state index contributed by atoms with van der Waals surface area (Å²) in [6.07, 6.45) is 3.01. The third kappa shape index (κ3) is 7.60. The van der Waals surface area contributed by atoms with Gasteiger partial charge >= 0.3 is 0 Å². The minimum Gasteiger partial charge on any atom is -0.357 e. The summed E-state index contributed by atoms with van der Waals surface area (Å²) in [6.45, 7) is 4.42. The molecule has 0 aliphatic carbocycles. The van der Waals surface area contributed by atoms with E-state index in [0.29, 0.717) is 25.1 Å².